The van der Waals surface area contributed by atoms with Gasteiger partial charge in [0, 0.05) is 45.9 Å². The number of benzene rings is 1. The molecule has 0 unspecified atom stereocenters. The normalized spacial score (nSPS) is 18.6. The van der Waals surface area contributed by atoms with Crippen LogP contribution in [-0.2, 0) is 21.5 Å². The number of halogens is 1. The predicted octanol–water partition coefficient (Wildman–Crippen LogP) is 3.18. The maximum atomic E-state index is 14.0. The largest absolute Gasteiger partial charge is 0.366 e. The highest BCUT2D eigenvalue weighted by atomic mass is 19.1. The molecule has 2 aromatic rings. The first-order valence-corrected chi connectivity index (χ1v) is 11.9. The van der Waals surface area contributed by atoms with Gasteiger partial charge in [0.25, 0.3) is 0 Å². The van der Waals surface area contributed by atoms with Crippen molar-refractivity contribution in [3.63, 3.8) is 0 Å². The van der Waals surface area contributed by atoms with Gasteiger partial charge < -0.3 is 19.6 Å². The molecule has 33 heavy (non-hydrogen) atoms. The van der Waals surface area contributed by atoms with Crippen LogP contribution < -0.4 is 10.2 Å². The molecule has 1 aromatic heterocycles. The van der Waals surface area contributed by atoms with Crippen molar-refractivity contribution in [2.24, 2.45) is 0 Å². The highest BCUT2D eigenvalue weighted by molar-refractivity contribution is 5.76. The number of hydrogen-bond acceptors (Lipinski definition) is 6. The number of aromatic nitrogens is 2. The number of aryl methyl sites for hydroxylation is 1. The van der Waals surface area contributed by atoms with E-state index in [0.717, 1.165) is 38.5 Å². The maximum absolute atomic E-state index is 14.0. The van der Waals surface area contributed by atoms with Crippen LogP contribution in [-0.4, -0.2) is 53.0 Å². The predicted molar refractivity (Wildman–Crippen MR) is 121 cm³/mol. The van der Waals surface area contributed by atoms with Gasteiger partial charge >= 0.3 is 0 Å². The Morgan fingerprint density at radius 1 is 1.09 bits per heavy atom. The van der Waals surface area contributed by atoms with E-state index in [2.05, 4.69) is 15.5 Å². The molecule has 2 fully saturated rings. The summed E-state index contributed by atoms with van der Waals surface area (Å²) in [6.45, 7) is 3.80. The lowest BCUT2D eigenvalue weighted by atomic mass is 9.89. The van der Waals surface area contributed by atoms with Gasteiger partial charge in [-0.05, 0) is 25.0 Å². The Bertz CT molecular complexity index is 963. The lowest BCUT2D eigenvalue weighted by Crippen LogP contribution is -2.49. The fraction of sp³-hybridized carbons (Fsp3) is 0.583. The first-order chi connectivity index (χ1) is 16.0. The number of anilines is 1. The summed E-state index contributed by atoms with van der Waals surface area (Å²) in [6.07, 6.45) is 6.47. The molecule has 1 N–H and O–H groups in total. The van der Waals surface area contributed by atoms with Crippen LogP contribution in [0.5, 0.6) is 0 Å². The van der Waals surface area contributed by atoms with Crippen molar-refractivity contribution in [2.75, 3.05) is 31.1 Å². The van der Waals surface area contributed by atoms with Gasteiger partial charge in [0.2, 0.25) is 17.7 Å². The number of piperazine rings is 1. The van der Waals surface area contributed by atoms with Crippen molar-refractivity contribution in [3.05, 3.63) is 41.8 Å². The average molecular weight is 458 g/mol. The monoisotopic (exact) mass is 457 g/mol. The van der Waals surface area contributed by atoms with Crippen molar-refractivity contribution >= 4 is 17.5 Å². The number of rotatable bonds is 6. The first kappa shape index (κ1) is 23.2. The zero-order chi connectivity index (χ0) is 23.3. The van der Waals surface area contributed by atoms with E-state index in [1.165, 1.54) is 13.0 Å². The van der Waals surface area contributed by atoms with Gasteiger partial charge in [-0.3, -0.25) is 9.59 Å². The summed E-state index contributed by atoms with van der Waals surface area (Å²) in [4.78, 5) is 32.9. The van der Waals surface area contributed by atoms with Gasteiger partial charge in [-0.25, -0.2) is 4.39 Å². The van der Waals surface area contributed by atoms with Gasteiger partial charge in [0.15, 0.2) is 5.82 Å². The summed E-state index contributed by atoms with van der Waals surface area (Å²) in [7, 11) is 0. The SMILES string of the molecule is CC(=O)NC1(c2noc(CCC(=O)N3CCN(c4ccccc4F)CC3)n2)CCCCCC1. The lowest BCUT2D eigenvalue weighted by molar-refractivity contribution is -0.131. The molecule has 1 aliphatic heterocycles. The molecule has 2 heterocycles. The third-order valence-electron chi connectivity index (χ3n) is 6.65. The summed E-state index contributed by atoms with van der Waals surface area (Å²) in [5.41, 5.74) is -0.00784. The molecule has 0 bridgehead atoms. The summed E-state index contributed by atoms with van der Waals surface area (Å²) < 4.78 is 19.5. The Morgan fingerprint density at radius 2 is 1.79 bits per heavy atom. The third-order valence-corrected chi connectivity index (χ3v) is 6.65. The van der Waals surface area contributed by atoms with Crippen LogP contribution in [0.3, 0.4) is 0 Å². The summed E-state index contributed by atoms with van der Waals surface area (Å²) >= 11 is 0. The van der Waals surface area contributed by atoms with Gasteiger partial charge in [0.1, 0.15) is 11.4 Å². The van der Waals surface area contributed by atoms with Gasteiger partial charge in [-0.15, -0.1) is 0 Å². The van der Waals surface area contributed by atoms with Gasteiger partial charge in [-0.2, -0.15) is 4.98 Å². The summed E-state index contributed by atoms with van der Waals surface area (Å²) in [6, 6.07) is 6.72. The van der Waals surface area contributed by atoms with E-state index < -0.39 is 5.54 Å². The topological polar surface area (TPSA) is 91.6 Å². The van der Waals surface area contributed by atoms with E-state index in [1.807, 2.05) is 11.0 Å². The van der Waals surface area contributed by atoms with Crippen molar-refractivity contribution in [2.45, 2.75) is 63.8 Å². The molecule has 0 radical (unpaired) electrons. The summed E-state index contributed by atoms with van der Waals surface area (Å²) in [5, 5.41) is 7.25. The van der Waals surface area contributed by atoms with Crippen LogP contribution in [0.15, 0.2) is 28.8 Å². The highest BCUT2D eigenvalue weighted by Crippen LogP contribution is 2.34. The smallest absolute Gasteiger partial charge is 0.227 e. The molecular weight excluding hydrogens is 425 g/mol. The van der Waals surface area contributed by atoms with Crippen molar-refractivity contribution < 1.29 is 18.5 Å². The Balaban J connectivity index is 1.32. The maximum Gasteiger partial charge on any atom is 0.227 e. The third kappa shape index (κ3) is 5.51. The Hall–Kier alpha value is -2.97. The van der Waals surface area contributed by atoms with Crippen LogP contribution in [0.2, 0.25) is 0 Å². The second-order valence-corrected chi connectivity index (χ2v) is 9.01. The van der Waals surface area contributed by atoms with Crippen molar-refractivity contribution in [1.82, 2.24) is 20.4 Å². The second-order valence-electron chi connectivity index (χ2n) is 9.01. The molecule has 2 amide bonds. The van der Waals surface area contributed by atoms with Crippen molar-refractivity contribution in [1.29, 1.82) is 0 Å². The summed E-state index contributed by atoms with van der Waals surface area (Å²) in [5.74, 6) is 0.606. The van der Waals surface area contributed by atoms with Gasteiger partial charge in [-0.1, -0.05) is 43.0 Å². The number of carbonyl (C=O) groups is 2. The van der Waals surface area contributed by atoms with Crippen LogP contribution >= 0.6 is 0 Å². The minimum atomic E-state index is -0.586. The molecule has 1 aromatic carbocycles. The molecule has 0 atom stereocenters. The van der Waals surface area contributed by atoms with Crippen molar-refractivity contribution in [3.8, 4) is 0 Å². The quantitative estimate of drug-likeness (QED) is 0.670. The van der Waals surface area contributed by atoms with E-state index in [4.69, 9.17) is 4.52 Å². The lowest BCUT2D eigenvalue weighted by Gasteiger charge is -2.36. The minimum Gasteiger partial charge on any atom is -0.366 e. The van der Waals surface area contributed by atoms with Gasteiger partial charge in [0.05, 0.1) is 5.69 Å². The Kier molecular flexibility index (Phi) is 7.25. The number of nitrogens with one attached hydrogen (secondary N) is 1. The zero-order valence-electron chi connectivity index (χ0n) is 19.2. The fourth-order valence-electron chi connectivity index (χ4n) is 4.90. The first-order valence-electron chi connectivity index (χ1n) is 11.9. The highest BCUT2D eigenvalue weighted by Gasteiger charge is 2.38. The Morgan fingerprint density at radius 3 is 2.45 bits per heavy atom. The van der Waals surface area contributed by atoms with Crippen LogP contribution in [0.1, 0.15) is 63.6 Å². The molecule has 2 aliphatic rings. The number of para-hydroxylation sites is 1. The van der Waals surface area contributed by atoms with E-state index in [1.54, 1.807) is 17.0 Å². The number of amides is 2. The molecular formula is C24H32FN5O3. The van der Waals surface area contributed by atoms with E-state index in [-0.39, 0.29) is 24.1 Å². The molecule has 8 nitrogen and oxygen atoms in total. The van der Waals surface area contributed by atoms with Crippen LogP contribution in [0, 0.1) is 5.82 Å². The molecule has 4 rings (SSSR count). The zero-order valence-corrected chi connectivity index (χ0v) is 19.2. The second kappa shape index (κ2) is 10.3. The number of hydrogen-bond donors (Lipinski definition) is 1. The van der Waals surface area contributed by atoms with Crippen LogP contribution in [0.25, 0.3) is 0 Å². The van der Waals surface area contributed by atoms with Crippen LogP contribution in [0.4, 0.5) is 10.1 Å². The molecule has 1 saturated carbocycles. The fourth-order valence-corrected chi connectivity index (χ4v) is 4.90. The molecule has 0 spiro atoms. The minimum absolute atomic E-state index is 0.0222. The van der Waals surface area contributed by atoms with E-state index in [9.17, 15) is 14.0 Å². The molecule has 9 heteroatoms. The molecule has 1 saturated heterocycles. The standard InChI is InChI=1S/C24H32FN5O3/c1-18(31)27-24(12-6-2-3-7-13-24)23-26-21(33-28-23)10-11-22(32)30-16-14-29(15-17-30)20-9-5-4-8-19(20)25/h4-5,8-9H,2-3,6-7,10-17H2,1H3,(H,27,31). The molecule has 1 aliphatic carbocycles. The molecule has 178 valence electrons. The Labute approximate surface area is 193 Å². The van der Waals surface area contributed by atoms with E-state index >= 15 is 0 Å². The number of nitrogens with zero attached hydrogens (tertiary/aromatic N) is 4. The number of carbonyl (C=O) groups excluding carboxylic acids is 2. The van der Waals surface area contributed by atoms with E-state index in [0.29, 0.717) is 50.0 Å². The average Bonchev–Trinajstić information content (AvgIpc) is 3.17.